The van der Waals surface area contributed by atoms with Crippen LogP contribution in [0.5, 0.6) is 0 Å². The van der Waals surface area contributed by atoms with E-state index in [0.717, 1.165) is 16.3 Å². The number of thioether (sulfide) groups is 1. The standard InChI is InChI=1S/C14H13BrN2OS/c1-2-19-12-6-4-3-5-11(12)17-14(18)10-7-8-16-13(15)9-10/h3-9H,2H2,1H3,(H,17,18). The molecule has 1 aromatic carbocycles. The second-order valence-corrected chi connectivity index (χ2v) is 5.87. The summed E-state index contributed by atoms with van der Waals surface area (Å²) in [6, 6.07) is 11.2. The van der Waals surface area contributed by atoms with Gasteiger partial charge in [0.25, 0.3) is 5.91 Å². The molecule has 1 aromatic heterocycles. The molecule has 0 bridgehead atoms. The number of hydrogen-bond donors (Lipinski definition) is 1. The first-order valence-corrected chi connectivity index (χ1v) is 7.63. The van der Waals surface area contributed by atoms with Crippen LogP contribution in [0, 0.1) is 0 Å². The van der Waals surface area contributed by atoms with E-state index in [-0.39, 0.29) is 5.91 Å². The minimum absolute atomic E-state index is 0.132. The molecule has 0 aliphatic heterocycles. The van der Waals surface area contributed by atoms with Gasteiger partial charge in [0, 0.05) is 16.7 Å². The first kappa shape index (κ1) is 14.1. The quantitative estimate of drug-likeness (QED) is 0.671. The summed E-state index contributed by atoms with van der Waals surface area (Å²) in [5.41, 5.74) is 1.42. The Balaban J connectivity index is 2.19. The van der Waals surface area contributed by atoms with Crippen LogP contribution in [0.15, 0.2) is 52.1 Å². The van der Waals surface area contributed by atoms with E-state index >= 15 is 0 Å². The summed E-state index contributed by atoms with van der Waals surface area (Å²) < 4.78 is 0.649. The number of halogens is 1. The summed E-state index contributed by atoms with van der Waals surface area (Å²) in [5.74, 6) is 0.834. The third-order valence-corrected chi connectivity index (χ3v) is 3.81. The molecule has 0 saturated carbocycles. The van der Waals surface area contributed by atoms with Gasteiger partial charge in [-0.05, 0) is 45.9 Å². The van der Waals surface area contributed by atoms with Crippen molar-refractivity contribution in [1.29, 1.82) is 0 Å². The number of amides is 1. The molecular formula is C14H13BrN2OS. The van der Waals surface area contributed by atoms with Gasteiger partial charge >= 0.3 is 0 Å². The van der Waals surface area contributed by atoms with Gasteiger partial charge in [-0.15, -0.1) is 11.8 Å². The number of para-hydroxylation sites is 1. The van der Waals surface area contributed by atoms with Crippen LogP contribution in [0.3, 0.4) is 0 Å². The molecule has 1 N–H and O–H groups in total. The number of pyridine rings is 1. The molecule has 0 saturated heterocycles. The van der Waals surface area contributed by atoms with E-state index in [1.54, 1.807) is 30.1 Å². The van der Waals surface area contributed by atoms with Crippen molar-refractivity contribution in [3.05, 3.63) is 52.8 Å². The Bertz CT molecular complexity index is 589. The molecular weight excluding hydrogens is 324 g/mol. The van der Waals surface area contributed by atoms with E-state index in [0.29, 0.717) is 10.2 Å². The number of carbonyl (C=O) groups is 1. The molecule has 1 heterocycles. The molecule has 2 rings (SSSR count). The Hall–Kier alpha value is -1.33. The van der Waals surface area contributed by atoms with Crippen molar-refractivity contribution in [1.82, 2.24) is 4.98 Å². The van der Waals surface area contributed by atoms with Gasteiger partial charge in [-0.25, -0.2) is 4.98 Å². The maximum Gasteiger partial charge on any atom is 0.255 e. The Kier molecular flexibility index (Phi) is 4.99. The van der Waals surface area contributed by atoms with Crippen molar-refractivity contribution < 1.29 is 4.79 Å². The molecule has 0 aliphatic carbocycles. The van der Waals surface area contributed by atoms with Gasteiger partial charge in [0.1, 0.15) is 4.60 Å². The number of nitrogens with one attached hydrogen (secondary N) is 1. The maximum absolute atomic E-state index is 12.2. The predicted octanol–water partition coefficient (Wildman–Crippen LogP) is 4.21. The fourth-order valence-electron chi connectivity index (χ4n) is 1.59. The van der Waals surface area contributed by atoms with E-state index in [1.807, 2.05) is 24.3 Å². The van der Waals surface area contributed by atoms with E-state index in [9.17, 15) is 4.79 Å². The number of anilines is 1. The first-order chi connectivity index (χ1) is 9.20. The Morgan fingerprint density at radius 3 is 2.89 bits per heavy atom. The van der Waals surface area contributed by atoms with Gasteiger partial charge in [-0.2, -0.15) is 0 Å². The van der Waals surface area contributed by atoms with Crippen LogP contribution in [-0.2, 0) is 0 Å². The first-order valence-electron chi connectivity index (χ1n) is 5.85. The predicted molar refractivity (Wildman–Crippen MR) is 82.7 cm³/mol. The Morgan fingerprint density at radius 2 is 2.16 bits per heavy atom. The number of benzene rings is 1. The van der Waals surface area contributed by atoms with Gasteiger partial charge in [0.15, 0.2) is 0 Å². The molecule has 0 atom stereocenters. The Morgan fingerprint density at radius 1 is 1.37 bits per heavy atom. The number of nitrogens with zero attached hydrogens (tertiary/aromatic N) is 1. The van der Waals surface area contributed by atoms with Crippen LogP contribution < -0.4 is 5.32 Å². The normalized spacial score (nSPS) is 10.2. The molecule has 0 aliphatic rings. The molecule has 0 spiro atoms. The smallest absolute Gasteiger partial charge is 0.255 e. The second kappa shape index (κ2) is 6.73. The van der Waals surface area contributed by atoms with Crippen molar-refractivity contribution in [3.63, 3.8) is 0 Å². The number of carbonyl (C=O) groups excluding carboxylic acids is 1. The average molecular weight is 337 g/mol. The molecule has 1 amide bonds. The van der Waals surface area contributed by atoms with Gasteiger partial charge in [-0.1, -0.05) is 19.1 Å². The zero-order valence-electron chi connectivity index (χ0n) is 10.4. The zero-order chi connectivity index (χ0) is 13.7. The molecule has 19 heavy (non-hydrogen) atoms. The molecule has 3 nitrogen and oxygen atoms in total. The minimum Gasteiger partial charge on any atom is -0.321 e. The maximum atomic E-state index is 12.2. The van der Waals surface area contributed by atoms with E-state index < -0.39 is 0 Å². The summed E-state index contributed by atoms with van der Waals surface area (Å²) in [6.07, 6.45) is 1.60. The topological polar surface area (TPSA) is 42.0 Å². The molecule has 98 valence electrons. The third kappa shape index (κ3) is 3.81. The fourth-order valence-corrected chi connectivity index (χ4v) is 2.71. The zero-order valence-corrected chi connectivity index (χ0v) is 12.8. The van der Waals surface area contributed by atoms with Gasteiger partial charge in [-0.3, -0.25) is 4.79 Å². The monoisotopic (exact) mass is 336 g/mol. The molecule has 0 radical (unpaired) electrons. The summed E-state index contributed by atoms with van der Waals surface area (Å²) in [4.78, 5) is 17.2. The van der Waals surface area contributed by atoms with Crippen molar-refractivity contribution in [2.24, 2.45) is 0 Å². The van der Waals surface area contributed by atoms with Crippen LogP contribution in [-0.4, -0.2) is 16.6 Å². The Labute approximate surface area is 125 Å². The number of hydrogen-bond acceptors (Lipinski definition) is 3. The van der Waals surface area contributed by atoms with Gasteiger partial charge in [0.05, 0.1) is 5.69 Å². The molecule has 2 aromatic rings. The van der Waals surface area contributed by atoms with Crippen molar-refractivity contribution >= 4 is 39.3 Å². The summed E-state index contributed by atoms with van der Waals surface area (Å²) in [5, 5.41) is 2.93. The second-order valence-electron chi connectivity index (χ2n) is 3.75. The summed E-state index contributed by atoms with van der Waals surface area (Å²) in [7, 11) is 0. The SMILES string of the molecule is CCSc1ccccc1NC(=O)c1ccnc(Br)c1. The lowest BCUT2D eigenvalue weighted by molar-refractivity contribution is 0.102. The lowest BCUT2D eigenvalue weighted by Gasteiger charge is -2.10. The lowest BCUT2D eigenvalue weighted by atomic mass is 10.2. The van der Waals surface area contributed by atoms with E-state index in [4.69, 9.17) is 0 Å². The van der Waals surface area contributed by atoms with Crippen LogP contribution in [0.1, 0.15) is 17.3 Å². The number of rotatable bonds is 4. The van der Waals surface area contributed by atoms with Crippen LogP contribution in [0.25, 0.3) is 0 Å². The molecule has 0 unspecified atom stereocenters. The third-order valence-electron chi connectivity index (χ3n) is 2.42. The summed E-state index contributed by atoms with van der Waals surface area (Å²) in [6.45, 7) is 2.09. The lowest BCUT2D eigenvalue weighted by Crippen LogP contribution is -2.12. The highest BCUT2D eigenvalue weighted by molar-refractivity contribution is 9.10. The molecule has 0 fully saturated rings. The number of aromatic nitrogens is 1. The van der Waals surface area contributed by atoms with Crippen LogP contribution >= 0.6 is 27.7 Å². The van der Waals surface area contributed by atoms with E-state index in [2.05, 4.69) is 33.2 Å². The van der Waals surface area contributed by atoms with Crippen molar-refractivity contribution in [3.8, 4) is 0 Å². The van der Waals surface area contributed by atoms with Gasteiger partial charge < -0.3 is 5.32 Å². The fraction of sp³-hybridized carbons (Fsp3) is 0.143. The van der Waals surface area contributed by atoms with Crippen molar-refractivity contribution in [2.75, 3.05) is 11.1 Å². The van der Waals surface area contributed by atoms with E-state index in [1.165, 1.54) is 0 Å². The molecule has 5 heteroatoms. The van der Waals surface area contributed by atoms with Crippen molar-refractivity contribution in [2.45, 2.75) is 11.8 Å². The highest BCUT2D eigenvalue weighted by atomic mass is 79.9. The van der Waals surface area contributed by atoms with Crippen LogP contribution in [0.2, 0.25) is 0 Å². The largest absolute Gasteiger partial charge is 0.321 e. The highest BCUT2D eigenvalue weighted by Gasteiger charge is 2.09. The van der Waals surface area contributed by atoms with Gasteiger partial charge in [0.2, 0.25) is 0 Å². The minimum atomic E-state index is -0.132. The van der Waals surface area contributed by atoms with Crippen LogP contribution in [0.4, 0.5) is 5.69 Å². The average Bonchev–Trinajstić information content (AvgIpc) is 2.41. The summed E-state index contributed by atoms with van der Waals surface area (Å²) >= 11 is 4.97. The highest BCUT2D eigenvalue weighted by Crippen LogP contribution is 2.27.